The number of nitrogens with zero attached hydrogens (tertiary/aromatic N) is 2. The predicted octanol–water partition coefficient (Wildman–Crippen LogP) is 4.76. The van der Waals surface area contributed by atoms with Gasteiger partial charge in [-0.15, -0.1) is 0 Å². The lowest BCUT2D eigenvalue weighted by Crippen LogP contribution is -2.45. The van der Waals surface area contributed by atoms with E-state index in [-0.39, 0.29) is 18.0 Å². The van der Waals surface area contributed by atoms with Crippen molar-refractivity contribution in [1.82, 2.24) is 15.3 Å². The molecule has 0 spiro atoms. The summed E-state index contributed by atoms with van der Waals surface area (Å²) in [6.07, 6.45) is 4.19. The molecule has 2 aliphatic rings. The monoisotopic (exact) mass is 545 g/mol. The van der Waals surface area contributed by atoms with Crippen LogP contribution in [0.3, 0.4) is 0 Å². The van der Waals surface area contributed by atoms with Crippen LogP contribution in [-0.4, -0.2) is 61.9 Å². The summed E-state index contributed by atoms with van der Waals surface area (Å²) < 4.78 is 16.5. The van der Waals surface area contributed by atoms with Crippen molar-refractivity contribution in [3.05, 3.63) is 34.4 Å². The lowest BCUT2D eigenvalue weighted by molar-refractivity contribution is -0.119. The SMILES string of the molecule is COc1cc(OC)c(Cl)c(-c2cc3cnc(N[C@@H]4COC[C@@H]4NC(C)=O)cc3c(NCC3CC3)n2)c1Cl. The second-order valence-electron chi connectivity index (χ2n) is 9.35. The summed E-state index contributed by atoms with van der Waals surface area (Å²) >= 11 is 13.4. The molecule has 0 radical (unpaired) electrons. The number of carbonyl (C=O) groups excluding carboxylic acids is 1. The minimum atomic E-state index is -0.129. The van der Waals surface area contributed by atoms with E-state index in [4.69, 9.17) is 42.4 Å². The highest BCUT2D eigenvalue weighted by Crippen LogP contribution is 2.46. The molecule has 11 heteroatoms. The number of nitrogens with one attached hydrogen (secondary N) is 3. The number of fused-ring (bicyclic) bond motifs is 1. The van der Waals surface area contributed by atoms with Gasteiger partial charge in [-0.3, -0.25) is 4.79 Å². The van der Waals surface area contributed by atoms with Gasteiger partial charge in [0.2, 0.25) is 5.91 Å². The molecule has 2 atom stereocenters. The number of anilines is 2. The minimum Gasteiger partial charge on any atom is -0.495 e. The lowest BCUT2D eigenvalue weighted by Gasteiger charge is -2.21. The molecule has 3 aromatic rings. The van der Waals surface area contributed by atoms with E-state index in [0.717, 1.165) is 17.3 Å². The van der Waals surface area contributed by atoms with Crippen molar-refractivity contribution < 1.29 is 19.0 Å². The van der Waals surface area contributed by atoms with Gasteiger partial charge in [-0.05, 0) is 30.9 Å². The third kappa shape index (κ3) is 5.49. The predicted molar refractivity (Wildman–Crippen MR) is 145 cm³/mol. The molecular formula is C26H29Cl2N5O4. The number of ether oxygens (including phenoxy) is 3. The minimum absolute atomic E-state index is 0.0918. The highest BCUT2D eigenvalue weighted by atomic mass is 35.5. The van der Waals surface area contributed by atoms with E-state index in [1.165, 1.54) is 19.8 Å². The second kappa shape index (κ2) is 10.8. The number of carbonyl (C=O) groups is 1. The molecule has 3 heterocycles. The largest absolute Gasteiger partial charge is 0.495 e. The van der Waals surface area contributed by atoms with Gasteiger partial charge < -0.3 is 30.2 Å². The summed E-state index contributed by atoms with van der Waals surface area (Å²) in [7, 11) is 3.08. The van der Waals surface area contributed by atoms with Crippen LogP contribution in [-0.2, 0) is 9.53 Å². The van der Waals surface area contributed by atoms with Crippen molar-refractivity contribution in [2.45, 2.75) is 31.8 Å². The van der Waals surface area contributed by atoms with Crippen molar-refractivity contribution in [3.8, 4) is 22.8 Å². The molecule has 1 aliphatic heterocycles. The van der Waals surface area contributed by atoms with Crippen LogP contribution >= 0.6 is 23.2 Å². The number of hydrogen-bond acceptors (Lipinski definition) is 8. The Balaban J connectivity index is 1.55. The summed E-state index contributed by atoms with van der Waals surface area (Å²) in [4.78, 5) is 21.1. The van der Waals surface area contributed by atoms with Gasteiger partial charge in [-0.1, -0.05) is 23.2 Å². The Morgan fingerprint density at radius 3 is 2.43 bits per heavy atom. The van der Waals surface area contributed by atoms with Gasteiger partial charge in [0.15, 0.2) is 0 Å². The molecule has 2 aromatic heterocycles. The molecule has 1 aliphatic carbocycles. The van der Waals surface area contributed by atoms with E-state index in [1.54, 1.807) is 26.5 Å². The van der Waals surface area contributed by atoms with Crippen LogP contribution in [0.5, 0.6) is 11.5 Å². The fraction of sp³-hybridized carbons (Fsp3) is 0.423. The summed E-state index contributed by atoms with van der Waals surface area (Å²) in [6, 6.07) is 5.29. The zero-order valence-corrected chi connectivity index (χ0v) is 22.4. The van der Waals surface area contributed by atoms with Gasteiger partial charge in [-0.2, -0.15) is 0 Å². The van der Waals surface area contributed by atoms with Gasteiger partial charge in [0.1, 0.15) is 23.1 Å². The van der Waals surface area contributed by atoms with Crippen LogP contribution in [0.2, 0.25) is 10.0 Å². The number of benzene rings is 1. The molecule has 1 saturated heterocycles. The van der Waals surface area contributed by atoms with Crippen LogP contribution in [0.4, 0.5) is 11.6 Å². The molecule has 1 saturated carbocycles. The molecule has 0 bridgehead atoms. The van der Waals surface area contributed by atoms with Gasteiger partial charge in [-0.25, -0.2) is 9.97 Å². The highest BCUT2D eigenvalue weighted by Gasteiger charge is 2.29. The third-order valence-electron chi connectivity index (χ3n) is 6.60. The van der Waals surface area contributed by atoms with E-state index >= 15 is 0 Å². The topological polar surface area (TPSA) is 107 Å². The Bertz CT molecular complexity index is 1310. The Kier molecular flexibility index (Phi) is 7.46. The summed E-state index contributed by atoms with van der Waals surface area (Å²) in [5.41, 5.74) is 1.11. The number of amides is 1. The van der Waals surface area contributed by atoms with Gasteiger partial charge >= 0.3 is 0 Å². The van der Waals surface area contributed by atoms with E-state index in [0.29, 0.717) is 63.6 Å². The molecule has 3 N–H and O–H groups in total. The molecule has 1 amide bonds. The first kappa shape index (κ1) is 25.6. The zero-order chi connectivity index (χ0) is 26.1. The van der Waals surface area contributed by atoms with Gasteiger partial charge in [0.25, 0.3) is 0 Å². The summed E-state index contributed by atoms with van der Waals surface area (Å²) in [6.45, 7) is 3.25. The average molecular weight is 546 g/mol. The smallest absolute Gasteiger partial charge is 0.217 e. The van der Waals surface area contributed by atoms with E-state index in [9.17, 15) is 4.79 Å². The molecule has 1 aromatic carbocycles. The number of rotatable bonds is 9. The Labute approximate surface area is 225 Å². The standard InChI is InChI=1S/C26H29Cl2N5O4/c1-13(34)31-18-11-37-12-19(18)32-22-7-16-15(10-29-22)6-17(33-26(16)30-9-14-4-5-14)23-24(27)20(35-2)8-21(36-3)25(23)28/h6-8,10,14,18-19H,4-5,9,11-12H2,1-3H3,(H,29,32)(H,30,33)(H,31,34)/t18-,19+/m0/s1. The summed E-state index contributed by atoms with van der Waals surface area (Å²) in [5.74, 6) is 2.80. The number of methoxy groups -OCH3 is 2. The van der Waals surface area contributed by atoms with E-state index < -0.39 is 0 Å². The molecule has 196 valence electrons. The van der Waals surface area contributed by atoms with Gasteiger partial charge in [0, 0.05) is 42.1 Å². The van der Waals surface area contributed by atoms with Crippen molar-refractivity contribution in [2.75, 3.05) is 44.6 Å². The third-order valence-corrected chi connectivity index (χ3v) is 7.35. The first-order valence-electron chi connectivity index (χ1n) is 12.1. The number of halogens is 2. The molecular weight excluding hydrogens is 517 g/mol. The molecule has 0 unspecified atom stereocenters. The van der Waals surface area contributed by atoms with Crippen molar-refractivity contribution in [1.29, 1.82) is 0 Å². The van der Waals surface area contributed by atoms with Crippen LogP contribution in [0.25, 0.3) is 22.0 Å². The van der Waals surface area contributed by atoms with E-state index in [2.05, 4.69) is 20.9 Å². The maximum Gasteiger partial charge on any atom is 0.217 e. The number of pyridine rings is 2. The van der Waals surface area contributed by atoms with Gasteiger partial charge in [0.05, 0.1) is 55.3 Å². The number of hydrogen-bond donors (Lipinski definition) is 3. The van der Waals surface area contributed by atoms with Crippen LogP contribution in [0, 0.1) is 5.92 Å². The zero-order valence-electron chi connectivity index (χ0n) is 20.9. The van der Waals surface area contributed by atoms with Crippen LogP contribution in [0.15, 0.2) is 24.4 Å². The summed E-state index contributed by atoms with van der Waals surface area (Å²) in [5, 5.41) is 12.3. The quantitative estimate of drug-likeness (QED) is 0.353. The highest BCUT2D eigenvalue weighted by molar-refractivity contribution is 6.41. The van der Waals surface area contributed by atoms with E-state index in [1.807, 2.05) is 12.1 Å². The maximum absolute atomic E-state index is 11.6. The van der Waals surface area contributed by atoms with Crippen molar-refractivity contribution in [2.24, 2.45) is 5.92 Å². The molecule has 2 fully saturated rings. The Hall–Kier alpha value is -3.01. The van der Waals surface area contributed by atoms with Crippen molar-refractivity contribution in [3.63, 3.8) is 0 Å². The molecule has 5 rings (SSSR count). The second-order valence-corrected chi connectivity index (χ2v) is 10.1. The maximum atomic E-state index is 11.6. The molecule has 37 heavy (non-hydrogen) atoms. The first-order valence-corrected chi connectivity index (χ1v) is 12.9. The van der Waals surface area contributed by atoms with Crippen molar-refractivity contribution >= 4 is 51.5 Å². The normalized spacial score (nSPS) is 19.1. The Morgan fingerprint density at radius 2 is 1.78 bits per heavy atom. The van der Waals surface area contributed by atoms with Crippen LogP contribution in [0.1, 0.15) is 19.8 Å². The lowest BCUT2D eigenvalue weighted by atomic mass is 10.1. The van der Waals surface area contributed by atoms with Crippen LogP contribution < -0.4 is 25.4 Å². The number of aromatic nitrogens is 2. The fourth-order valence-corrected chi connectivity index (χ4v) is 5.15. The molecule has 9 nitrogen and oxygen atoms in total. The Morgan fingerprint density at radius 1 is 1.08 bits per heavy atom. The average Bonchev–Trinajstić information content (AvgIpc) is 3.62. The first-order chi connectivity index (χ1) is 17.9. The fourth-order valence-electron chi connectivity index (χ4n) is 4.45.